The second kappa shape index (κ2) is 4.97. The molecule has 20 heavy (non-hydrogen) atoms. The molecular weight excluding hydrogens is 276 g/mol. The van der Waals surface area contributed by atoms with E-state index in [9.17, 15) is 0 Å². The van der Waals surface area contributed by atoms with Gasteiger partial charge in [-0.15, -0.1) is 5.10 Å². The molecule has 0 unspecified atom stereocenters. The Morgan fingerprint density at radius 1 is 1.35 bits per heavy atom. The van der Waals surface area contributed by atoms with Gasteiger partial charge in [0.05, 0.1) is 22.6 Å². The van der Waals surface area contributed by atoms with E-state index >= 15 is 0 Å². The Morgan fingerprint density at radius 2 is 2.20 bits per heavy atom. The van der Waals surface area contributed by atoms with Crippen LogP contribution in [0.5, 0.6) is 0 Å². The topological polar surface area (TPSA) is 74.5 Å². The Bertz CT molecular complexity index is 745. The van der Waals surface area contributed by atoms with Gasteiger partial charge in [0, 0.05) is 18.8 Å². The minimum Gasteiger partial charge on any atom is -0.398 e. The second-order valence-corrected chi connectivity index (χ2v) is 4.70. The number of nitrogens with zero attached hydrogens (tertiary/aromatic N) is 5. The molecule has 0 bridgehead atoms. The molecule has 0 aliphatic rings. The molecule has 0 saturated heterocycles. The van der Waals surface area contributed by atoms with E-state index in [4.69, 9.17) is 17.3 Å². The van der Waals surface area contributed by atoms with Crippen LogP contribution in [0.4, 0.5) is 5.69 Å². The van der Waals surface area contributed by atoms with Gasteiger partial charge in [-0.05, 0) is 18.2 Å². The molecule has 2 N–H and O–H groups in total. The summed E-state index contributed by atoms with van der Waals surface area (Å²) in [5, 5.41) is 8.76. The quantitative estimate of drug-likeness (QED) is 0.750. The fourth-order valence-corrected chi connectivity index (χ4v) is 2.13. The normalized spacial score (nSPS) is 10.9. The highest BCUT2D eigenvalue weighted by molar-refractivity contribution is 6.33. The zero-order valence-electron chi connectivity index (χ0n) is 10.9. The second-order valence-electron chi connectivity index (χ2n) is 4.29. The van der Waals surface area contributed by atoms with Crippen LogP contribution < -0.4 is 5.73 Å². The molecule has 7 heteroatoms. The highest BCUT2D eigenvalue weighted by Gasteiger charge is 2.09. The van der Waals surface area contributed by atoms with Crippen LogP contribution in [-0.2, 0) is 6.42 Å². The summed E-state index contributed by atoms with van der Waals surface area (Å²) in [4.78, 5) is 4.27. The predicted molar refractivity (Wildman–Crippen MR) is 77.3 cm³/mol. The monoisotopic (exact) mass is 288 g/mol. The maximum absolute atomic E-state index is 6.02. The molecule has 0 atom stereocenters. The molecule has 6 nitrogen and oxygen atoms in total. The van der Waals surface area contributed by atoms with Gasteiger partial charge in [0.1, 0.15) is 5.82 Å². The number of aryl methyl sites for hydroxylation is 1. The lowest BCUT2D eigenvalue weighted by atomic mass is 10.3. The van der Waals surface area contributed by atoms with Crippen molar-refractivity contribution in [2.24, 2.45) is 0 Å². The van der Waals surface area contributed by atoms with Crippen LogP contribution in [-0.4, -0.2) is 24.5 Å². The molecule has 2 heterocycles. The summed E-state index contributed by atoms with van der Waals surface area (Å²) in [5.74, 6) is 1.65. The number of anilines is 1. The van der Waals surface area contributed by atoms with Crippen molar-refractivity contribution >= 4 is 17.3 Å². The fraction of sp³-hybridized carbons (Fsp3) is 0.154. The van der Waals surface area contributed by atoms with Crippen LogP contribution in [0.25, 0.3) is 11.5 Å². The largest absolute Gasteiger partial charge is 0.398 e. The first-order valence-corrected chi connectivity index (χ1v) is 6.57. The standard InChI is InChI=1S/C13H13ClN6/c1-2-12-16-5-6-19(12)13-8-20(18-17-13)9-3-4-11(15)10(14)7-9/h3-8H,2,15H2,1H3. The highest BCUT2D eigenvalue weighted by atomic mass is 35.5. The van der Waals surface area contributed by atoms with Gasteiger partial charge in [0.2, 0.25) is 0 Å². The van der Waals surface area contributed by atoms with Gasteiger partial charge >= 0.3 is 0 Å². The molecule has 3 aromatic rings. The van der Waals surface area contributed by atoms with Crippen molar-refractivity contribution in [1.29, 1.82) is 0 Å². The van der Waals surface area contributed by atoms with Gasteiger partial charge in [-0.1, -0.05) is 23.7 Å². The summed E-state index contributed by atoms with van der Waals surface area (Å²) < 4.78 is 3.56. The number of rotatable bonds is 3. The number of benzene rings is 1. The van der Waals surface area contributed by atoms with Crippen molar-refractivity contribution in [2.75, 3.05) is 5.73 Å². The first kappa shape index (κ1) is 12.7. The third kappa shape index (κ3) is 2.14. The molecule has 0 amide bonds. The lowest BCUT2D eigenvalue weighted by Gasteiger charge is -2.03. The van der Waals surface area contributed by atoms with E-state index in [1.165, 1.54) is 0 Å². The molecule has 0 radical (unpaired) electrons. The van der Waals surface area contributed by atoms with Crippen molar-refractivity contribution in [3.8, 4) is 11.5 Å². The number of aromatic nitrogens is 5. The van der Waals surface area contributed by atoms with Crippen molar-refractivity contribution in [1.82, 2.24) is 24.5 Å². The van der Waals surface area contributed by atoms with Crippen LogP contribution in [0, 0.1) is 0 Å². The number of imidazole rings is 1. The number of hydrogen-bond donors (Lipinski definition) is 1. The SMILES string of the molecule is CCc1nccn1-c1cn(-c2ccc(N)c(Cl)c2)nn1. The van der Waals surface area contributed by atoms with Crippen LogP contribution in [0.2, 0.25) is 5.02 Å². The van der Waals surface area contributed by atoms with E-state index in [1.807, 2.05) is 30.0 Å². The average Bonchev–Trinajstić information content (AvgIpc) is 3.09. The highest BCUT2D eigenvalue weighted by Crippen LogP contribution is 2.22. The van der Waals surface area contributed by atoms with Gasteiger partial charge < -0.3 is 5.73 Å². The third-order valence-electron chi connectivity index (χ3n) is 3.01. The molecule has 0 aliphatic heterocycles. The van der Waals surface area contributed by atoms with Crippen molar-refractivity contribution in [3.63, 3.8) is 0 Å². The van der Waals surface area contributed by atoms with Crippen LogP contribution in [0.3, 0.4) is 0 Å². The first-order chi connectivity index (χ1) is 9.69. The molecule has 102 valence electrons. The smallest absolute Gasteiger partial charge is 0.181 e. The molecule has 0 saturated carbocycles. The summed E-state index contributed by atoms with van der Waals surface area (Å²) >= 11 is 6.02. The Hall–Kier alpha value is -2.34. The molecule has 0 spiro atoms. The van der Waals surface area contributed by atoms with E-state index in [0.29, 0.717) is 16.5 Å². The number of hydrogen-bond acceptors (Lipinski definition) is 4. The maximum atomic E-state index is 6.02. The van der Waals surface area contributed by atoms with Crippen molar-refractivity contribution in [3.05, 3.63) is 47.6 Å². The molecule has 1 aromatic carbocycles. The van der Waals surface area contributed by atoms with Gasteiger partial charge in [0.15, 0.2) is 5.82 Å². The minimum atomic E-state index is 0.497. The molecule has 3 rings (SSSR count). The first-order valence-electron chi connectivity index (χ1n) is 6.19. The Kier molecular flexibility index (Phi) is 3.15. The summed E-state index contributed by atoms with van der Waals surface area (Å²) in [6.07, 6.45) is 6.26. The maximum Gasteiger partial charge on any atom is 0.181 e. The number of nitrogen functional groups attached to an aromatic ring is 1. The van der Waals surface area contributed by atoms with E-state index in [2.05, 4.69) is 15.3 Å². The molecule has 2 aromatic heterocycles. The molecular formula is C13H13ClN6. The molecule has 0 fully saturated rings. The summed E-state index contributed by atoms with van der Waals surface area (Å²) in [6.45, 7) is 2.04. The van der Waals surface area contributed by atoms with Crippen molar-refractivity contribution < 1.29 is 0 Å². The fourth-order valence-electron chi connectivity index (χ4n) is 1.95. The Balaban J connectivity index is 1.99. The Morgan fingerprint density at radius 3 is 2.95 bits per heavy atom. The average molecular weight is 289 g/mol. The van der Waals surface area contributed by atoms with Crippen LogP contribution >= 0.6 is 11.6 Å². The Labute approximate surface area is 120 Å². The van der Waals surface area contributed by atoms with E-state index in [0.717, 1.165) is 17.9 Å². The van der Waals surface area contributed by atoms with Gasteiger partial charge in [-0.2, -0.15) is 0 Å². The van der Waals surface area contributed by atoms with Gasteiger partial charge in [-0.25, -0.2) is 9.67 Å². The van der Waals surface area contributed by atoms with Gasteiger partial charge in [-0.3, -0.25) is 4.57 Å². The zero-order chi connectivity index (χ0) is 14.1. The van der Waals surface area contributed by atoms with Crippen LogP contribution in [0.15, 0.2) is 36.8 Å². The molecule has 0 aliphatic carbocycles. The lowest BCUT2D eigenvalue weighted by molar-refractivity contribution is 0.794. The summed E-state index contributed by atoms with van der Waals surface area (Å²) in [7, 11) is 0. The van der Waals surface area contributed by atoms with E-state index in [-0.39, 0.29) is 0 Å². The minimum absolute atomic E-state index is 0.497. The summed E-state index contributed by atoms with van der Waals surface area (Å²) in [5.41, 5.74) is 7.04. The van der Waals surface area contributed by atoms with E-state index < -0.39 is 0 Å². The third-order valence-corrected chi connectivity index (χ3v) is 3.34. The number of halogens is 1. The predicted octanol–water partition coefficient (Wildman–Crippen LogP) is 2.25. The summed E-state index contributed by atoms with van der Waals surface area (Å²) in [6, 6.07) is 5.34. The van der Waals surface area contributed by atoms with Gasteiger partial charge in [0.25, 0.3) is 0 Å². The lowest BCUT2D eigenvalue weighted by Crippen LogP contribution is -1.99. The van der Waals surface area contributed by atoms with Crippen molar-refractivity contribution in [2.45, 2.75) is 13.3 Å². The number of nitrogens with two attached hydrogens (primary N) is 1. The van der Waals surface area contributed by atoms with E-state index in [1.54, 1.807) is 23.0 Å². The zero-order valence-corrected chi connectivity index (χ0v) is 11.6. The van der Waals surface area contributed by atoms with Crippen LogP contribution in [0.1, 0.15) is 12.7 Å².